The summed E-state index contributed by atoms with van der Waals surface area (Å²) in [4.78, 5) is 10.3. The van der Waals surface area contributed by atoms with Crippen LogP contribution in [0.1, 0.15) is 20.3 Å². The monoisotopic (exact) mass is 195 g/mol. The maximum atomic E-state index is 10.3. The number of carbonyl (C=O) groups is 1. The minimum Gasteiger partial charge on any atom is -0.444 e. The number of rotatable bonds is 4. The first kappa shape index (κ1) is 11.2. The lowest BCUT2D eigenvalue weighted by Gasteiger charge is -2.22. The number of nitrogens with two attached hydrogens (primary N) is 1. The van der Waals surface area contributed by atoms with Crippen LogP contribution in [0.5, 0.6) is 0 Å². The van der Waals surface area contributed by atoms with Crippen LogP contribution in [0, 0.1) is 0 Å². The third-order valence-corrected chi connectivity index (χ3v) is 1.86. The van der Waals surface area contributed by atoms with Gasteiger partial charge in [-0.3, -0.25) is 0 Å². The van der Waals surface area contributed by atoms with Crippen molar-refractivity contribution in [3.05, 3.63) is 0 Å². The third kappa shape index (κ3) is 5.96. The van der Waals surface area contributed by atoms with Crippen LogP contribution in [0.4, 0.5) is 4.79 Å². The Morgan fingerprint density at radius 3 is 2.33 bits per heavy atom. The van der Waals surface area contributed by atoms with Gasteiger partial charge in [0.05, 0.1) is 5.75 Å². The molecule has 0 aliphatic carbocycles. The van der Waals surface area contributed by atoms with Gasteiger partial charge in [0.15, 0.2) is 0 Å². The summed E-state index contributed by atoms with van der Waals surface area (Å²) in [6.07, 6.45) is -0.629. The van der Waals surface area contributed by atoms with Crippen LogP contribution in [0.2, 0.25) is 0 Å². The standard InChI is InChI=1S/C6H13NO4S/c1-6(2,11-5(7)8)3-4-12(9)10/h12H,3-4H2,1-2H3,(H2,7,8). The fourth-order valence-corrected chi connectivity index (χ4v) is 1.40. The number of hydrogen-bond donors (Lipinski definition) is 2. The molecule has 6 heteroatoms. The van der Waals surface area contributed by atoms with Crippen molar-refractivity contribution >= 4 is 16.8 Å². The summed E-state index contributed by atoms with van der Waals surface area (Å²) in [7, 11) is -2.42. The molecule has 0 saturated carbocycles. The van der Waals surface area contributed by atoms with E-state index in [1.165, 1.54) is 0 Å². The maximum Gasteiger partial charge on any atom is 0.405 e. The number of hydrogen-bond acceptors (Lipinski definition) is 4. The van der Waals surface area contributed by atoms with E-state index in [1.54, 1.807) is 13.8 Å². The number of thiol groups is 1. The van der Waals surface area contributed by atoms with Crippen molar-refractivity contribution < 1.29 is 17.9 Å². The minimum atomic E-state index is -2.42. The van der Waals surface area contributed by atoms with Crippen molar-refractivity contribution in [2.45, 2.75) is 25.9 Å². The quantitative estimate of drug-likeness (QED) is 0.611. The highest BCUT2D eigenvalue weighted by atomic mass is 32.2. The van der Waals surface area contributed by atoms with Gasteiger partial charge in [-0.15, -0.1) is 0 Å². The number of ether oxygens (including phenoxy) is 1. The molecule has 0 aromatic carbocycles. The number of carbonyl (C=O) groups excluding carboxylic acids is 1. The van der Waals surface area contributed by atoms with Gasteiger partial charge in [-0.2, -0.15) is 0 Å². The van der Waals surface area contributed by atoms with Crippen molar-refractivity contribution in [3.8, 4) is 0 Å². The van der Waals surface area contributed by atoms with E-state index in [0.29, 0.717) is 0 Å². The molecule has 0 radical (unpaired) electrons. The van der Waals surface area contributed by atoms with Crippen molar-refractivity contribution in [3.63, 3.8) is 0 Å². The van der Waals surface area contributed by atoms with Gasteiger partial charge < -0.3 is 10.5 Å². The van der Waals surface area contributed by atoms with Gasteiger partial charge in [-0.25, -0.2) is 13.2 Å². The summed E-state index contributed by atoms with van der Waals surface area (Å²) in [5.74, 6) is -0.00435. The molecule has 0 rings (SSSR count). The fourth-order valence-electron chi connectivity index (χ4n) is 0.684. The molecule has 0 aromatic heterocycles. The second kappa shape index (κ2) is 4.30. The van der Waals surface area contributed by atoms with Crippen LogP contribution in [0.25, 0.3) is 0 Å². The molecule has 2 N–H and O–H groups in total. The lowest BCUT2D eigenvalue weighted by Crippen LogP contribution is -2.32. The normalized spacial score (nSPS) is 11.6. The van der Waals surface area contributed by atoms with Crippen molar-refractivity contribution in [1.29, 1.82) is 0 Å². The van der Waals surface area contributed by atoms with Crippen molar-refractivity contribution in [2.24, 2.45) is 5.73 Å². The Kier molecular flexibility index (Phi) is 4.02. The van der Waals surface area contributed by atoms with Gasteiger partial charge in [-0.05, 0) is 13.8 Å². The molecule has 0 heterocycles. The Balaban J connectivity index is 3.94. The van der Waals surface area contributed by atoms with Crippen LogP contribution in [-0.2, 0) is 15.4 Å². The highest BCUT2D eigenvalue weighted by Gasteiger charge is 2.21. The average molecular weight is 195 g/mol. The predicted octanol–water partition coefficient (Wildman–Crippen LogP) is -0.138. The number of primary amides is 1. The van der Waals surface area contributed by atoms with E-state index in [-0.39, 0.29) is 12.2 Å². The molecule has 0 saturated heterocycles. The molecule has 5 nitrogen and oxygen atoms in total. The zero-order valence-electron chi connectivity index (χ0n) is 7.07. The van der Waals surface area contributed by atoms with Crippen LogP contribution >= 0.6 is 0 Å². The second-order valence-electron chi connectivity index (χ2n) is 2.99. The lowest BCUT2D eigenvalue weighted by atomic mass is 10.1. The first-order valence-corrected chi connectivity index (χ1v) is 4.80. The molecule has 72 valence electrons. The van der Waals surface area contributed by atoms with Gasteiger partial charge in [0, 0.05) is 6.42 Å². The summed E-state index contributed by atoms with van der Waals surface area (Å²) >= 11 is 0. The summed E-state index contributed by atoms with van der Waals surface area (Å²) in [5.41, 5.74) is 3.97. The maximum absolute atomic E-state index is 10.3. The minimum absolute atomic E-state index is 0.00435. The Morgan fingerprint density at radius 1 is 1.50 bits per heavy atom. The van der Waals surface area contributed by atoms with Crippen molar-refractivity contribution in [1.82, 2.24) is 0 Å². The first-order chi connectivity index (χ1) is 5.33. The van der Waals surface area contributed by atoms with Gasteiger partial charge in [0.2, 0.25) is 0 Å². The van der Waals surface area contributed by atoms with E-state index in [1.807, 2.05) is 0 Å². The van der Waals surface area contributed by atoms with E-state index in [4.69, 9.17) is 5.73 Å². The Morgan fingerprint density at radius 2 is 2.00 bits per heavy atom. The Labute approximate surface area is 72.8 Å². The van der Waals surface area contributed by atoms with Crippen LogP contribution in [-0.4, -0.2) is 25.9 Å². The van der Waals surface area contributed by atoms with Crippen LogP contribution in [0.15, 0.2) is 0 Å². The summed E-state index contributed by atoms with van der Waals surface area (Å²) in [6, 6.07) is 0. The summed E-state index contributed by atoms with van der Waals surface area (Å²) in [6.45, 7) is 3.22. The Bertz CT molecular complexity index is 226. The van der Waals surface area contributed by atoms with Gasteiger partial charge >= 0.3 is 6.09 Å². The van der Waals surface area contributed by atoms with Gasteiger partial charge in [0.1, 0.15) is 16.3 Å². The van der Waals surface area contributed by atoms with Gasteiger partial charge in [0.25, 0.3) is 0 Å². The van der Waals surface area contributed by atoms with E-state index in [9.17, 15) is 13.2 Å². The highest BCUT2D eigenvalue weighted by molar-refractivity contribution is 7.72. The predicted molar refractivity (Wildman–Crippen MR) is 44.5 cm³/mol. The molecule has 1 amide bonds. The largest absolute Gasteiger partial charge is 0.444 e. The molecule has 0 fully saturated rings. The zero-order chi connectivity index (χ0) is 9.78. The summed E-state index contributed by atoms with van der Waals surface area (Å²) < 4.78 is 25.1. The molecule has 0 bridgehead atoms. The molecule has 12 heavy (non-hydrogen) atoms. The summed E-state index contributed by atoms with van der Waals surface area (Å²) in [5, 5.41) is 0. The molecule has 0 aliphatic rings. The highest BCUT2D eigenvalue weighted by Crippen LogP contribution is 2.13. The third-order valence-electron chi connectivity index (χ3n) is 1.27. The molecule has 0 unspecified atom stereocenters. The molecule has 0 spiro atoms. The van der Waals surface area contributed by atoms with Crippen LogP contribution < -0.4 is 5.73 Å². The van der Waals surface area contributed by atoms with Crippen LogP contribution in [0.3, 0.4) is 0 Å². The van der Waals surface area contributed by atoms with E-state index < -0.39 is 22.4 Å². The fraction of sp³-hybridized carbons (Fsp3) is 0.833. The smallest absolute Gasteiger partial charge is 0.405 e. The SMILES string of the molecule is CC(C)(CC[SH](=O)=O)OC(N)=O. The molecule has 0 atom stereocenters. The zero-order valence-corrected chi connectivity index (χ0v) is 7.97. The van der Waals surface area contributed by atoms with Crippen molar-refractivity contribution in [2.75, 3.05) is 5.75 Å². The van der Waals surface area contributed by atoms with E-state index >= 15 is 0 Å². The lowest BCUT2D eigenvalue weighted by molar-refractivity contribution is 0.0435. The van der Waals surface area contributed by atoms with Gasteiger partial charge in [-0.1, -0.05) is 0 Å². The topological polar surface area (TPSA) is 86.5 Å². The average Bonchev–Trinajstić information content (AvgIpc) is 1.81. The molecular formula is C6H13NO4S. The first-order valence-electron chi connectivity index (χ1n) is 3.44. The molecule has 0 aliphatic heterocycles. The molecular weight excluding hydrogens is 182 g/mol. The van der Waals surface area contributed by atoms with E-state index in [2.05, 4.69) is 4.74 Å². The second-order valence-corrected chi connectivity index (χ2v) is 4.10. The van der Waals surface area contributed by atoms with E-state index in [0.717, 1.165) is 0 Å². The number of amides is 1. The molecule has 0 aromatic rings. The Hall–Kier alpha value is -0.780.